The topological polar surface area (TPSA) is 26.0 Å². The number of hydrogen-bond donors (Lipinski definition) is 0. The highest BCUT2D eigenvalue weighted by atomic mass is 32.1. The monoisotopic (exact) mass is 335 g/mol. The standard InChI is InChI=1S/C21H21NOS/c1-13(2)21-22-17-11-15(8-9-20(17)24-21)10-14(3)19-12-16-6-4-5-7-18(16)23-19/h4-9,11-14H,10H2,1-3H3. The van der Waals surface area contributed by atoms with Gasteiger partial charge >= 0.3 is 0 Å². The number of benzene rings is 2. The number of fused-ring (bicyclic) bond motifs is 2. The average Bonchev–Trinajstić information content (AvgIpc) is 3.18. The van der Waals surface area contributed by atoms with E-state index in [4.69, 9.17) is 9.40 Å². The first kappa shape index (κ1) is 15.4. The van der Waals surface area contributed by atoms with Crippen molar-refractivity contribution in [3.8, 4) is 0 Å². The Hall–Kier alpha value is -2.13. The van der Waals surface area contributed by atoms with Gasteiger partial charge in [-0.1, -0.05) is 45.0 Å². The molecule has 122 valence electrons. The molecule has 2 aromatic carbocycles. The molecule has 0 saturated heterocycles. The molecule has 1 atom stereocenters. The minimum Gasteiger partial charge on any atom is -0.461 e. The largest absolute Gasteiger partial charge is 0.461 e. The maximum absolute atomic E-state index is 6.01. The van der Waals surface area contributed by atoms with E-state index in [1.807, 2.05) is 12.1 Å². The molecule has 24 heavy (non-hydrogen) atoms. The van der Waals surface area contributed by atoms with Gasteiger partial charge in [0, 0.05) is 17.2 Å². The van der Waals surface area contributed by atoms with E-state index in [1.165, 1.54) is 20.7 Å². The van der Waals surface area contributed by atoms with E-state index in [0.717, 1.165) is 23.3 Å². The predicted molar refractivity (Wildman–Crippen MR) is 102 cm³/mol. The molecule has 0 spiro atoms. The fraction of sp³-hybridized carbons (Fsp3) is 0.286. The van der Waals surface area contributed by atoms with Crippen molar-refractivity contribution in [1.82, 2.24) is 4.98 Å². The van der Waals surface area contributed by atoms with Crippen LogP contribution in [0.2, 0.25) is 0 Å². The summed E-state index contributed by atoms with van der Waals surface area (Å²) < 4.78 is 7.29. The van der Waals surface area contributed by atoms with E-state index in [9.17, 15) is 0 Å². The lowest BCUT2D eigenvalue weighted by Crippen LogP contribution is -1.96. The summed E-state index contributed by atoms with van der Waals surface area (Å²) in [5, 5.41) is 2.39. The van der Waals surface area contributed by atoms with Crippen molar-refractivity contribution in [3.63, 3.8) is 0 Å². The van der Waals surface area contributed by atoms with Gasteiger partial charge in [-0.3, -0.25) is 0 Å². The Morgan fingerprint density at radius 2 is 1.88 bits per heavy atom. The van der Waals surface area contributed by atoms with Crippen LogP contribution < -0.4 is 0 Å². The second-order valence-electron chi connectivity index (χ2n) is 6.80. The molecule has 2 aromatic heterocycles. The number of para-hydroxylation sites is 1. The third kappa shape index (κ3) is 2.84. The lowest BCUT2D eigenvalue weighted by atomic mass is 9.98. The third-order valence-corrected chi connectivity index (χ3v) is 5.77. The normalized spacial score (nSPS) is 13.2. The highest BCUT2D eigenvalue weighted by molar-refractivity contribution is 7.18. The first-order valence-corrected chi connectivity index (χ1v) is 9.29. The van der Waals surface area contributed by atoms with Crippen LogP contribution in [0.25, 0.3) is 21.2 Å². The summed E-state index contributed by atoms with van der Waals surface area (Å²) in [5.74, 6) is 1.89. The van der Waals surface area contributed by atoms with Crippen LogP contribution in [0, 0.1) is 0 Å². The highest BCUT2D eigenvalue weighted by Crippen LogP contribution is 2.31. The lowest BCUT2D eigenvalue weighted by Gasteiger charge is -2.08. The summed E-state index contributed by atoms with van der Waals surface area (Å²) in [6.45, 7) is 6.62. The molecule has 0 N–H and O–H groups in total. The van der Waals surface area contributed by atoms with E-state index in [-0.39, 0.29) is 0 Å². The molecule has 4 aromatic rings. The van der Waals surface area contributed by atoms with E-state index < -0.39 is 0 Å². The Morgan fingerprint density at radius 3 is 2.67 bits per heavy atom. The van der Waals surface area contributed by atoms with Crippen molar-refractivity contribution >= 4 is 32.5 Å². The molecule has 0 aliphatic carbocycles. The van der Waals surface area contributed by atoms with Crippen LogP contribution in [-0.4, -0.2) is 4.98 Å². The van der Waals surface area contributed by atoms with E-state index >= 15 is 0 Å². The predicted octanol–water partition coefficient (Wildman–Crippen LogP) is 6.51. The second-order valence-corrected chi connectivity index (χ2v) is 7.86. The molecule has 0 aliphatic heterocycles. The van der Waals surface area contributed by atoms with Crippen LogP contribution in [0.15, 0.2) is 52.9 Å². The van der Waals surface area contributed by atoms with Gasteiger partial charge in [0.05, 0.1) is 15.2 Å². The molecule has 2 nitrogen and oxygen atoms in total. The molecular weight excluding hydrogens is 314 g/mol. The summed E-state index contributed by atoms with van der Waals surface area (Å²) in [4.78, 5) is 4.78. The summed E-state index contributed by atoms with van der Waals surface area (Å²) in [6, 6.07) is 17.0. The van der Waals surface area contributed by atoms with Crippen LogP contribution in [0.3, 0.4) is 0 Å². The van der Waals surface area contributed by atoms with Gasteiger partial charge in [-0.2, -0.15) is 0 Å². The van der Waals surface area contributed by atoms with Crippen molar-refractivity contribution in [2.24, 2.45) is 0 Å². The van der Waals surface area contributed by atoms with Crippen LogP contribution in [0.4, 0.5) is 0 Å². The number of aromatic nitrogens is 1. The van der Waals surface area contributed by atoms with Crippen LogP contribution in [0.5, 0.6) is 0 Å². The van der Waals surface area contributed by atoms with Gasteiger partial charge in [-0.25, -0.2) is 4.98 Å². The Kier molecular flexibility index (Phi) is 3.89. The highest BCUT2D eigenvalue weighted by Gasteiger charge is 2.14. The van der Waals surface area contributed by atoms with Gasteiger partial charge in [-0.15, -0.1) is 11.3 Å². The van der Waals surface area contributed by atoms with Crippen molar-refractivity contribution in [1.29, 1.82) is 0 Å². The maximum atomic E-state index is 6.01. The van der Waals surface area contributed by atoms with Crippen molar-refractivity contribution in [2.45, 2.75) is 39.0 Å². The molecule has 3 heteroatoms. The Balaban J connectivity index is 1.60. The summed E-state index contributed by atoms with van der Waals surface area (Å²) in [5.41, 5.74) is 3.41. The van der Waals surface area contributed by atoms with Crippen molar-refractivity contribution in [2.75, 3.05) is 0 Å². The van der Waals surface area contributed by atoms with Gasteiger partial charge in [0.2, 0.25) is 0 Å². The van der Waals surface area contributed by atoms with Gasteiger partial charge in [0.15, 0.2) is 0 Å². The molecule has 0 bridgehead atoms. The number of furan rings is 1. The lowest BCUT2D eigenvalue weighted by molar-refractivity contribution is 0.504. The minimum absolute atomic E-state index is 0.345. The maximum Gasteiger partial charge on any atom is 0.134 e. The van der Waals surface area contributed by atoms with Gasteiger partial charge < -0.3 is 4.42 Å². The van der Waals surface area contributed by atoms with Crippen LogP contribution in [0.1, 0.15) is 48.9 Å². The van der Waals surface area contributed by atoms with Crippen molar-refractivity contribution in [3.05, 3.63) is 64.9 Å². The molecule has 0 aliphatic rings. The average molecular weight is 335 g/mol. The van der Waals surface area contributed by atoms with Gasteiger partial charge in [0.1, 0.15) is 11.3 Å². The number of hydrogen-bond acceptors (Lipinski definition) is 3. The molecule has 0 amide bonds. The van der Waals surface area contributed by atoms with Crippen LogP contribution >= 0.6 is 11.3 Å². The van der Waals surface area contributed by atoms with E-state index in [1.54, 1.807) is 11.3 Å². The molecule has 0 saturated carbocycles. The van der Waals surface area contributed by atoms with Crippen LogP contribution in [-0.2, 0) is 6.42 Å². The molecular formula is C21H21NOS. The van der Waals surface area contributed by atoms with E-state index in [0.29, 0.717) is 11.8 Å². The molecule has 1 unspecified atom stereocenters. The van der Waals surface area contributed by atoms with Gasteiger partial charge in [0.25, 0.3) is 0 Å². The molecule has 2 heterocycles. The Labute approximate surface area is 146 Å². The second kappa shape index (κ2) is 6.06. The number of thiazole rings is 1. The molecule has 0 radical (unpaired) electrons. The number of rotatable bonds is 4. The minimum atomic E-state index is 0.345. The van der Waals surface area contributed by atoms with E-state index in [2.05, 4.69) is 57.2 Å². The molecule has 0 fully saturated rings. The Bertz CT molecular complexity index is 962. The summed E-state index contributed by atoms with van der Waals surface area (Å²) in [6.07, 6.45) is 0.963. The zero-order valence-corrected chi connectivity index (χ0v) is 15.1. The third-order valence-electron chi connectivity index (χ3n) is 4.43. The van der Waals surface area contributed by atoms with Gasteiger partial charge in [-0.05, 0) is 36.2 Å². The quantitative estimate of drug-likeness (QED) is 0.425. The molecule has 4 rings (SSSR count). The van der Waals surface area contributed by atoms with Crippen molar-refractivity contribution < 1.29 is 4.42 Å². The first-order chi connectivity index (χ1) is 11.6. The zero-order valence-electron chi connectivity index (χ0n) is 14.2. The zero-order chi connectivity index (χ0) is 16.7. The fourth-order valence-corrected chi connectivity index (χ4v) is 4.01. The fourth-order valence-electron chi connectivity index (χ4n) is 3.06. The smallest absolute Gasteiger partial charge is 0.134 e. The SMILES string of the molecule is CC(C)c1nc2cc(CC(C)c3cc4ccccc4o3)ccc2s1. The summed E-state index contributed by atoms with van der Waals surface area (Å²) >= 11 is 1.80. The summed E-state index contributed by atoms with van der Waals surface area (Å²) in [7, 11) is 0. The first-order valence-electron chi connectivity index (χ1n) is 8.48. The Morgan fingerprint density at radius 1 is 1.04 bits per heavy atom. The number of nitrogens with zero attached hydrogens (tertiary/aromatic N) is 1.